The van der Waals surface area contributed by atoms with Gasteiger partial charge in [0.2, 0.25) is 0 Å². The van der Waals surface area contributed by atoms with E-state index >= 15 is 0 Å². The maximum Gasteiger partial charge on any atom is 0.276 e. The lowest BCUT2D eigenvalue weighted by atomic mass is 10.2. The Kier molecular flexibility index (Phi) is 5.05. The fraction of sp³-hybridized carbons (Fsp3) is 0.0526. The molecule has 0 aliphatic rings. The van der Waals surface area contributed by atoms with Crippen molar-refractivity contribution < 1.29 is 9.53 Å². The molecule has 3 aromatic rings. The quantitative estimate of drug-likeness (QED) is 0.735. The van der Waals surface area contributed by atoms with E-state index in [1.165, 1.54) is 7.11 Å². The van der Waals surface area contributed by atoms with E-state index in [4.69, 9.17) is 10.00 Å². The van der Waals surface area contributed by atoms with Crippen molar-refractivity contribution in [1.29, 1.82) is 5.26 Å². The highest BCUT2D eigenvalue weighted by atomic mass is 16.5. The fourth-order valence-corrected chi connectivity index (χ4v) is 2.27. The lowest BCUT2D eigenvalue weighted by Crippen LogP contribution is -2.15. The van der Waals surface area contributed by atoms with E-state index in [1.54, 1.807) is 48.5 Å². The van der Waals surface area contributed by atoms with Gasteiger partial charge in [-0.1, -0.05) is 18.2 Å². The lowest BCUT2D eigenvalue weighted by Gasteiger charge is -2.09. The SMILES string of the molecule is COc1ccccc1NC(=O)c1ccc(Nc2cccc(C#N)c2)nn1. The topological polar surface area (TPSA) is 99.9 Å². The Bertz CT molecular complexity index is 964. The normalized spacial score (nSPS) is 9.85. The summed E-state index contributed by atoms with van der Waals surface area (Å²) >= 11 is 0. The van der Waals surface area contributed by atoms with E-state index in [-0.39, 0.29) is 11.6 Å². The first-order chi connectivity index (χ1) is 12.7. The van der Waals surface area contributed by atoms with Crippen LogP contribution in [0.1, 0.15) is 16.1 Å². The van der Waals surface area contributed by atoms with Crippen LogP contribution in [-0.4, -0.2) is 23.2 Å². The number of anilines is 3. The number of nitrogens with zero attached hydrogens (tertiary/aromatic N) is 3. The number of nitrogens with one attached hydrogen (secondary N) is 2. The number of aromatic nitrogens is 2. The van der Waals surface area contributed by atoms with Crippen molar-refractivity contribution in [2.75, 3.05) is 17.7 Å². The first kappa shape index (κ1) is 16.9. The van der Waals surface area contributed by atoms with Gasteiger partial charge in [-0.25, -0.2) is 0 Å². The summed E-state index contributed by atoms with van der Waals surface area (Å²) < 4.78 is 5.20. The van der Waals surface area contributed by atoms with Crippen LogP contribution in [0.3, 0.4) is 0 Å². The molecule has 3 rings (SSSR count). The van der Waals surface area contributed by atoms with Gasteiger partial charge in [0.05, 0.1) is 24.4 Å². The summed E-state index contributed by atoms with van der Waals surface area (Å²) in [5, 5.41) is 22.6. The second-order valence-electron chi connectivity index (χ2n) is 5.28. The summed E-state index contributed by atoms with van der Waals surface area (Å²) in [5.41, 5.74) is 1.98. The maximum absolute atomic E-state index is 12.3. The number of carbonyl (C=O) groups excluding carboxylic acids is 1. The molecule has 26 heavy (non-hydrogen) atoms. The summed E-state index contributed by atoms with van der Waals surface area (Å²) in [4.78, 5) is 12.3. The minimum Gasteiger partial charge on any atom is -0.495 e. The van der Waals surface area contributed by atoms with Gasteiger partial charge >= 0.3 is 0 Å². The third-order valence-electron chi connectivity index (χ3n) is 3.52. The van der Waals surface area contributed by atoms with Crippen molar-refractivity contribution in [2.24, 2.45) is 0 Å². The molecule has 0 saturated carbocycles. The molecule has 0 aliphatic carbocycles. The standard InChI is InChI=1S/C19H15N5O2/c1-26-17-8-3-2-7-15(17)22-19(25)16-9-10-18(24-23-16)21-14-6-4-5-13(11-14)12-20/h2-11H,1H3,(H,21,24)(H,22,25). The number of nitriles is 1. The summed E-state index contributed by atoms with van der Waals surface area (Å²) in [7, 11) is 1.53. The number of para-hydroxylation sites is 2. The van der Waals surface area contributed by atoms with Gasteiger partial charge < -0.3 is 15.4 Å². The number of amides is 1. The fourth-order valence-electron chi connectivity index (χ4n) is 2.27. The highest BCUT2D eigenvalue weighted by Crippen LogP contribution is 2.23. The van der Waals surface area contributed by atoms with Crippen LogP contribution in [-0.2, 0) is 0 Å². The molecule has 0 bridgehead atoms. The molecule has 1 heterocycles. The Morgan fingerprint density at radius 2 is 1.92 bits per heavy atom. The Morgan fingerprint density at radius 1 is 1.08 bits per heavy atom. The molecular weight excluding hydrogens is 330 g/mol. The molecular formula is C19H15N5O2. The van der Waals surface area contributed by atoms with Gasteiger partial charge in [-0.15, -0.1) is 10.2 Å². The minimum atomic E-state index is -0.389. The minimum absolute atomic E-state index is 0.173. The molecule has 2 N–H and O–H groups in total. The maximum atomic E-state index is 12.3. The zero-order valence-corrected chi connectivity index (χ0v) is 13.9. The molecule has 0 unspecified atom stereocenters. The first-order valence-electron chi connectivity index (χ1n) is 7.75. The average Bonchev–Trinajstić information content (AvgIpc) is 2.69. The predicted octanol–water partition coefficient (Wildman–Crippen LogP) is 3.35. The van der Waals surface area contributed by atoms with Crippen molar-refractivity contribution in [2.45, 2.75) is 0 Å². The Morgan fingerprint density at radius 3 is 2.65 bits per heavy atom. The van der Waals surface area contributed by atoms with E-state index in [1.807, 2.05) is 12.1 Å². The molecule has 7 heteroatoms. The lowest BCUT2D eigenvalue weighted by molar-refractivity contribution is 0.102. The monoisotopic (exact) mass is 345 g/mol. The van der Waals surface area contributed by atoms with Crippen LogP contribution in [0.15, 0.2) is 60.7 Å². The van der Waals surface area contributed by atoms with Crippen LogP contribution in [0.5, 0.6) is 5.75 Å². The summed E-state index contributed by atoms with van der Waals surface area (Å²) in [6, 6.07) is 19.4. The largest absolute Gasteiger partial charge is 0.495 e. The van der Waals surface area contributed by atoms with Crippen LogP contribution in [0.25, 0.3) is 0 Å². The zero-order valence-electron chi connectivity index (χ0n) is 13.9. The molecule has 0 fully saturated rings. The van der Waals surface area contributed by atoms with Gasteiger partial charge in [0.15, 0.2) is 11.5 Å². The van der Waals surface area contributed by atoms with Gasteiger partial charge in [-0.3, -0.25) is 4.79 Å². The Balaban J connectivity index is 1.70. The van der Waals surface area contributed by atoms with E-state index in [2.05, 4.69) is 26.9 Å². The molecule has 1 aromatic heterocycles. The van der Waals surface area contributed by atoms with E-state index < -0.39 is 0 Å². The third kappa shape index (κ3) is 3.94. The summed E-state index contributed by atoms with van der Waals surface area (Å²) in [5.74, 6) is 0.637. The average molecular weight is 345 g/mol. The number of carbonyl (C=O) groups is 1. The highest BCUT2D eigenvalue weighted by molar-refractivity contribution is 6.03. The van der Waals surface area contributed by atoms with Gasteiger partial charge in [0.25, 0.3) is 5.91 Å². The summed E-state index contributed by atoms with van der Waals surface area (Å²) in [6.45, 7) is 0. The molecule has 2 aromatic carbocycles. The molecule has 0 spiro atoms. The van der Waals surface area contributed by atoms with E-state index in [0.717, 1.165) is 0 Å². The molecule has 0 radical (unpaired) electrons. The van der Waals surface area contributed by atoms with Gasteiger partial charge in [0.1, 0.15) is 5.75 Å². The number of benzene rings is 2. The van der Waals surface area contributed by atoms with Crippen LogP contribution in [0, 0.1) is 11.3 Å². The van der Waals surface area contributed by atoms with Crippen LogP contribution in [0.2, 0.25) is 0 Å². The van der Waals surface area contributed by atoms with Gasteiger partial charge in [-0.2, -0.15) is 5.26 Å². The van der Waals surface area contributed by atoms with Crippen molar-refractivity contribution in [1.82, 2.24) is 10.2 Å². The Labute approximate surface area is 150 Å². The molecule has 0 aliphatic heterocycles. The molecule has 7 nitrogen and oxygen atoms in total. The van der Waals surface area contributed by atoms with Crippen molar-refractivity contribution in [3.05, 3.63) is 71.9 Å². The van der Waals surface area contributed by atoms with Gasteiger partial charge in [-0.05, 0) is 42.5 Å². The number of methoxy groups -OCH3 is 1. The van der Waals surface area contributed by atoms with E-state index in [9.17, 15) is 4.79 Å². The molecule has 0 saturated heterocycles. The first-order valence-corrected chi connectivity index (χ1v) is 7.75. The van der Waals surface area contributed by atoms with Crippen LogP contribution in [0.4, 0.5) is 17.2 Å². The molecule has 1 amide bonds. The number of ether oxygens (including phenoxy) is 1. The Hall–Kier alpha value is -3.92. The number of hydrogen-bond acceptors (Lipinski definition) is 6. The third-order valence-corrected chi connectivity index (χ3v) is 3.52. The smallest absolute Gasteiger partial charge is 0.276 e. The second-order valence-corrected chi connectivity index (χ2v) is 5.28. The predicted molar refractivity (Wildman–Crippen MR) is 97.4 cm³/mol. The van der Waals surface area contributed by atoms with Crippen LogP contribution >= 0.6 is 0 Å². The zero-order chi connectivity index (χ0) is 18.4. The number of rotatable bonds is 5. The summed E-state index contributed by atoms with van der Waals surface area (Å²) in [6.07, 6.45) is 0. The van der Waals surface area contributed by atoms with Gasteiger partial charge in [0, 0.05) is 5.69 Å². The van der Waals surface area contributed by atoms with Crippen molar-refractivity contribution in [3.63, 3.8) is 0 Å². The molecule has 128 valence electrons. The highest BCUT2D eigenvalue weighted by Gasteiger charge is 2.11. The van der Waals surface area contributed by atoms with Crippen LogP contribution < -0.4 is 15.4 Å². The van der Waals surface area contributed by atoms with Crippen molar-refractivity contribution >= 4 is 23.1 Å². The van der Waals surface area contributed by atoms with Crippen molar-refractivity contribution in [3.8, 4) is 11.8 Å². The molecule has 0 atom stereocenters. The van der Waals surface area contributed by atoms with E-state index in [0.29, 0.717) is 28.5 Å². The number of hydrogen-bond donors (Lipinski definition) is 2. The second kappa shape index (κ2) is 7.77.